The van der Waals surface area contributed by atoms with Gasteiger partial charge >= 0.3 is 5.97 Å². The Morgan fingerprint density at radius 2 is 2.32 bits per heavy atom. The zero-order valence-electron chi connectivity index (χ0n) is 11.8. The first-order chi connectivity index (χ1) is 9.11. The lowest BCUT2D eigenvalue weighted by Crippen LogP contribution is -2.33. The molecule has 1 saturated carbocycles. The number of aromatic nitrogens is 1. The fourth-order valence-corrected chi connectivity index (χ4v) is 3.47. The second kappa shape index (κ2) is 6.37. The quantitative estimate of drug-likeness (QED) is 0.858. The Morgan fingerprint density at radius 1 is 1.53 bits per heavy atom. The highest BCUT2D eigenvalue weighted by atomic mass is 32.1. The molecule has 1 N–H and O–H groups in total. The molecule has 1 aromatic rings. The van der Waals surface area contributed by atoms with Gasteiger partial charge in [0.2, 0.25) is 0 Å². The van der Waals surface area contributed by atoms with Crippen molar-refractivity contribution in [3.63, 3.8) is 0 Å². The average Bonchev–Trinajstić information content (AvgIpc) is 2.81. The monoisotopic (exact) mass is 282 g/mol. The highest BCUT2D eigenvalue weighted by molar-refractivity contribution is 7.14. The van der Waals surface area contributed by atoms with Crippen molar-refractivity contribution in [2.45, 2.75) is 46.1 Å². The third-order valence-corrected chi connectivity index (χ3v) is 4.54. The molecule has 4 nitrogen and oxygen atoms in total. The molecule has 0 bridgehead atoms. The summed E-state index contributed by atoms with van der Waals surface area (Å²) in [6.07, 6.45) is 3.64. The van der Waals surface area contributed by atoms with Gasteiger partial charge in [-0.2, -0.15) is 0 Å². The molecule has 1 aromatic heterocycles. The van der Waals surface area contributed by atoms with Gasteiger partial charge in [-0.05, 0) is 38.0 Å². The topological polar surface area (TPSA) is 51.2 Å². The van der Waals surface area contributed by atoms with Crippen molar-refractivity contribution < 1.29 is 9.53 Å². The number of carbonyl (C=O) groups is 1. The van der Waals surface area contributed by atoms with Crippen molar-refractivity contribution in [3.05, 3.63) is 11.2 Å². The molecular weight excluding hydrogens is 260 g/mol. The Bertz CT molecular complexity index is 433. The van der Waals surface area contributed by atoms with Gasteiger partial charge in [0.25, 0.3) is 0 Å². The summed E-state index contributed by atoms with van der Waals surface area (Å²) in [7, 11) is 0. The van der Waals surface area contributed by atoms with Crippen LogP contribution in [0.15, 0.2) is 5.51 Å². The summed E-state index contributed by atoms with van der Waals surface area (Å²) in [5.41, 5.74) is 2.13. The molecule has 1 aliphatic carbocycles. The fourth-order valence-electron chi connectivity index (χ4n) is 2.74. The van der Waals surface area contributed by atoms with Gasteiger partial charge in [0.05, 0.1) is 12.1 Å². The van der Waals surface area contributed by atoms with Gasteiger partial charge < -0.3 is 10.1 Å². The van der Waals surface area contributed by atoms with Gasteiger partial charge in [-0.25, -0.2) is 9.78 Å². The molecule has 2 rings (SSSR count). The maximum absolute atomic E-state index is 11.8. The van der Waals surface area contributed by atoms with Gasteiger partial charge in [0, 0.05) is 6.04 Å². The van der Waals surface area contributed by atoms with E-state index in [2.05, 4.69) is 24.1 Å². The second-order valence-corrected chi connectivity index (χ2v) is 6.25. The third kappa shape index (κ3) is 3.47. The largest absolute Gasteiger partial charge is 0.461 e. The Kier molecular flexibility index (Phi) is 4.80. The van der Waals surface area contributed by atoms with Crippen LogP contribution in [0.5, 0.6) is 0 Å². The van der Waals surface area contributed by atoms with Gasteiger partial charge in [0.1, 0.15) is 5.00 Å². The van der Waals surface area contributed by atoms with Crippen LogP contribution in [0, 0.1) is 11.8 Å². The summed E-state index contributed by atoms with van der Waals surface area (Å²) in [5.74, 6) is 1.10. The number of ether oxygens (including phenoxy) is 1. The minimum atomic E-state index is -0.330. The van der Waals surface area contributed by atoms with Crippen molar-refractivity contribution in [3.8, 4) is 0 Å². The first-order valence-electron chi connectivity index (χ1n) is 6.99. The van der Waals surface area contributed by atoms with E-state index >= 15 is 0 Å². The third-order valence-electron chi connectivity index (χ3n) is 3.78. The van der Waals surface area contributed by atoms with E-state index in [0.717, 1.165) is 17.3 Å². The number of anilines is 1. The molecule has 3 unspecified atom stereocenters. The number of hydrogen-bond donors (Lipinski definition) is 1. The maximum Gasteiger partial charge on any atom is 0.360 e. The standard InChI is InChI=1S/C14H22N2O2S/c1-4-18-14(17)12-13(19-8-15-12)16-11-6-5-9(2)7-10(11)3/h8-11,16H,4-7H2,1-3H3. The Balaban J connectivity index is 2.03. The van der Waals surface area contributed by atoms with Crippen LogP contribution in [-0.4, -0.2) is 23.6 Å². The highest BCUT2D eigenvalue weighted by Crippen LogP contribution is 2.32. The van der Waals surface area contributed by atoms with E-state index in [1.54, 1.807) is 5.51 Å². The lowest BCUT2D eigenvalue weighted by Gasteiger charge is -2.33. The van der Waals surface area contributed by atoms with Gasteiger partial charge in [-0.1, -0.05) is 13.8 Å². The first kappa shape index (κ1) is 14.3. The SMILES string of the molecule is CCOC(=O)c1ncsc1NC1CCC(C)CC1C. The zero-order valence-corrected chi connectivity index (χ0v) is 12.6. The van der Waals surface area contributed by atoms with Crippen LogP contribution in [0.3, 0.4) is 0 Å². The van der Waals surface area contributed by atoms with Gasteiger partial charge in [-0.3, -0.25) is 0 Å². The molecule has 1 aliphatic rings. The highest BCUT2D eigenvalue weighted by Gasteiger charge is 2.27. The van der Waals surface area contributed by atoms with E-state index in [0.29, 0.717) is 24.3 Å². The number of hydrogen-bond acceptors (Lipinski definition) is 5. The van der Waals surface area contributed by atoms with Crippen LogP contribution in [-0.2, 0) is 4.74 Å². The number of nitrogens with zero attached hydrogens (tertiary/aromatic N) is 1. The molecule has 3 atom stereocenters. The Hall–Kier alpha value is -1.10. The van der Waals surface area contributed by atoms with Gasteiger partial charge in [-0.15, -0.1) is 11.3 Å². The van der Waals surface area contributed by atoms with Crippen molar-refractivity contribution >= 4 is 22.3 Å². The molecule has 19 heavy (non-hydrogen) atoms. The molecule has 1 fully saturated rings. The van der Waals surface area contributed by atoms with Crippen LogP contribution in [0.1, 0.15) is 50.5 Å². The molecule has 0 aromatic carbocycles. The van der Waals surface area contributed by atoms with E-state index in [1.807, 2.05) is 6.92 Å². The van der Waals surface area contributed by atoms with E-state index in [-0.39, 0.29) is 5.97 Å². The van der Waals surface area contributed by atoms with Crippen LogP contribution < -0.4 is 5.32 Å². The minimum absolute atomic E-state index is 0.330. The van der Waals surface area contributed by atoms with E-state index in [9.17, 15) is 4.79 Å². The number of nitrogens with one attached hydrogen (secondary N) is 1. The molecule has 0 saturated heterocycles. The van der Waals surface area contributed by atoms with Crippen LogP contribution in [0.4, 0.5) is 5.00 Å². The first-order valence-corrected chi connectivity index (χ1v) is 7.87. The summed E-state index contributed by atoms with van der Waals surface area (Å²) in [6.45, 7) is 6.77. The van der Waals surface area contributed by atoms with Crippen molar-refractivity contribution in [1.29, 1.82) is 0 Å². The molecule has 1 heterocycles. The molecule has 106 valence electrons. The number of esters is 1. The Labute approximate surface area is 118 Å². The van der Waals surface area contributed by atoms with Crippen LogP contribution >= 0.6 is 11.3 Å². The van der Waals surface area contributed by atoms with Crippen molar-refractivity contribution in [1.82, 2.24) is 4.98 Å². The predicted molar refractivity (Wildman–Crippen MR) is 77.7 cm³/mol. The minimum Gasteiger partial charge on any atom is -0.461 e. The molecule has 0 amide bonds. The van der Waals surface area contributed by atoms with Crippen LogP contribution in [0.25, 0.3) is 0 Å². The lowest BCUT2D eigenvalue weighted by molar-refractivity contribution is 0.0521. The van der Waals surface area contributed by atoms with Crippen molar-refractivity contribution in [2.24, 2.45) is 11.8 Å². The summed E-state index contributed by atoms with van der Waals surface area (Å²) in [4.78, 5) is 15.9. The smallest absolute Gasteiger partial charge is 0.360 e. The predicted octanol–water partition coefficient (Wildman–Crippen LogP) is 3.56. The zero-order chi connectivity index (χ0) is 13.8. The maximum atomic E-state index is 11.8. The summed E-state index contributed by atoms with van der Waals surface area (Å²) >= 11 is 1.48. The second-order valence-electron chi connectivity index (χ2n) is 5.40. The van der Waals surface area contributed by atoms with E-state index in [4.69, 9.17) is 4.74 Å². The summed E-state index contributed by atoms with van der Waals surface area (Å²) in [5, 5.41) is 4.35. The normalized spacial score (nSPS) is 27.0. The molecule has 5 heteroatoms. The molecular formula is C14H22N2O2S. The molecule has 0 radical (unpaired) electrons. The van der Waals surface area contributed by atoms with Gasteiger partial charge in [0.15, 0.2) is 5.69 Å². The number of rotatable bonds is 4. The number of carbonyl (C=O) groups excluding carboxylic acids is 1. The average molecular weight is 282 g/mol. The molecule has 0 aliphatic heterocycles. The Morgan fingerprint density at radius 3 is 3.00 bits per heavy atom. The van der Waals surface area contributed by atoms with E-state index in [1.165, 1.54) is 24.2 Å². The summed E-state index contributed by atoms with van der Waals surface area (Å²) < 4.78 is 5.03. The van der Waals surface area contributed by atoms with E-state index < -0.39 is 0 Å². The molecule has 0 spiro atoms. The van der Waals surface area contributed by atoms with Crippen LogP contribution in [0.2, 0.25) is 0 Å². The number of thiazole rings is 1. The fraction of sp³-hybridized carbons (Fsp3) is 0.714. The lowest BCUT2D eigenvalue weighted by atomic mass is 9.80. The van der Waals surface area contributed by atoms with Crippen molar-refractivity contribution in [2.75, 3.05) is 11.9 Å². The summed E-state index contributed by atoms with van der Waals surface area (Å²) in [6, 6.07) is 0.435.